The van der Waals surface area contributed by atoms with Gasteiger partial charge in [0, 0.05) is 25.5 Å². The molecule has 1 fully saturated rings. The minimum Gasteiger partial charge on any atom is -0.438 e. The molecule has 2 aromatic rings. The van der Waals surface area contributed by atoms with Crippen molar-refractivity contribution in [3.05, 3.63) is 48.4 Å². The fourth-order valence-electron chi connectivity index (χ4n) is 3.13. The number of ether oxygens (including phenoxy) is 1. The first-order chi connectivity index (χ1) is 11.2. The summed E-state index contributed by atoms with van der Waals surface area (Å²) in [6.07, 6.45) is 7.93. The summed E-state index contributed by atoms with van der Waals surface area (Å²) in [5.74, 6) is 1.66. The molecule has 2 atom stereocenters. The molecule has 1 aliphatic carbocycles. The Bertz CT molecular complexity index is 603. The van der Waals surface area contributed by atoms with Crippen molar-refractivity contribution in [1.29, 1.82) is 0 Å². The monoisotopic (exact) mass is 313 g/mol. The number of benzene rings is 1. The average molecular weight is 313 g/mol. The Morgan fingerprint density at radius 2 is 2.04 bits per heavy atom. The van der Waals surface area contributed by atoms with E-state index in [0.717, 1.165) is 38.1 Å². The van der Waals surface area contributed by atoms with E-state index >= 15 is 0 Å². The highest BCUT2D eigenvalue weighted by Crippen LogP contribution is 2.26. The first-order valence-corrected chi connectivity index (χ1v) is 8.10. The third kappa shape index (κ3) is 4.50. The van der Waals surface area contributed by atoms with Gasteiger partial charge >= 0.3 is 0 Å². The third-order valence-corrected chi connectivity index (χ3v) is 4.30. The number of hydrogen-bond acceptors (Lipinski definition) is 5. The number of hydrogen-bond donors (Lipinski definition) is 1. The second-order valence-corrected chi connectivity index (χ2v) is 6.24. The SMILES string of the molecule is CN(Cc1ccc(Oc2cnccn2)cc1)CC1CCCC1O. The van der Waals surface area contributed by atoms with Gasteiger partial charge in [0.2, 0.25) is 5.88 Å². The lowest BCUT2D eigenvalue weighted by Gasteiger charge is -2.23. The number of aromatic nitrogens is 2. The molecule has 1 N–H and O–H groups in total. The maximum Gasteiger partial charge on any atom is 0.237 e. The maximum absolute atomic E-state index is 9.93. The molecular weight excluding hydrogens is 290 g/mol. The Kier molecular flexibility index (Phi) is 5.20. The molecule has 2 unspecified atom stereocenters. The Morgan fingerprint density at radius 1 is 1.22 bits per heavy atom. The lowest BCUT2D eigenvalue weighted by Crippen LogP contribution is -2.29. The molecule has 122 valence electrons. The van der Waals surface area contributed by atoms with Gasteiger partial charge < -0.3 is 14.7 Å². The summed E-state index contributed by atoms with van der Waals surface area (Å²) in [4.78, 5) is 10.3. The van der Waals surface area contributed by atoms with Crippen molar-refractivity contribution in [3.8, 4) is 11.6 Å². The Hall–Kier alpha value is -1.98. The van der Waals surface area contributed by atoms with Crippen molar-refractivity contribution in [2.45, 2.75) is 31.9 Å². The van der Waals surface area contributed by atoms with Crippen LogP contribution < -0.4 is 4.74 Å². The largest absolute Gasteiger partial charge is 0.438 e. The van der Waals surface area contributed by atoms with Gasteiger partial charge in [-0.05, 0) is 43.5 Å². The molecular formula is C18H23N3O2. The van der Waals surface area contributed by atoms with Gasteiger partial charge in [0.05, 0.1) is 12.3 Å². The molecule has 0 amide bonds. The van der Waals surface area contributed by atoms with Gasteiger partial charge in [-0.2, -0.15) is 0 Å². The zero-order chi connectivity index (χ0) is 16.1. The van der Waals surface area contributed by atoms with Crippen molar-refractivity contribution < 1.29 is 9.84 Å². The van der Waals surface area contributed by atoms with Gasteiger partial charge in [-0.15, -0.1) is 0 Å². The van der Waals surface area contributed by atoms with Crippen LogP contribution in [0.4, 0.5) is 0 Å². The molecule has 1 aromatic carbocycles. The van der Waals surface area contributed by atoms with E-state index in [1.54, 1.807) is 18.6 Å². The van der Waals surface area contributed by atoms with Gasteiger partial charge in [-0.3, -0.25) is 4.98 Å². The third-order valence-electron chi connectivity index (χ3n) is 4.30. The lowest BCUT2D eigenvalue weighted by molar-refractivity contribution is 0.108. The molecule has 0 radical (unpaired) electrons. The van der Waals surface area contributed by atoms with E-state index in [0.29, 0.717) is 11.8 Å². The highest BCUT2D eigenvalue weighted by Gasteiger charge is 2.25. The fraction of sp³-hybridized carbons (Fsp3) is 0.444. The Morgan fingerprint density at radius 3 is 2.70 bits per heavy atom. The van der Waals surface area contributed by atoms with Gasteiger partial charge in [0.1, 0.15) is 5.75 Å². The van der Waals surface area contributed by atoms with E-state index < -0.39 is 0 Å². The summed E-state index contributed by atoms with van der Waals surface area (Å²) in [6.45, 7) is 1.81. The van der Waals surface area contributed by atoms with Gasteiger partial charge in [-0.25, -0.2) is 4.98 Å². The highest BCUT2D eigenvalue weighted by atomic mass is 16.5. The summed E-state index contributed by atoms with van der Waals surface area (Å²) >= 11 is 0. The van der Waals surface area contributed by atoms with Crippen LogP contribution in [-0.4, -0.2) is 39.7 Å². The zero-order valence-corrected chi connectivity index (χ0v) is 13.4. The molecule has 1 saturated carbocycles. The molecule has 1 aromatic heterocycles. The zero-order valence-electron chi connectivity index (χ0n) is 13.4. The first-order valence-electron chi connectivity index (χ1n) is 8.10. The van der Waals surface area contributed by atoms with Gasteiger partial charge in [0.15, 0.2) is 0 Å². The van der Waals surface area contributed by atoms with Crippen molar-refractivity contribution in [2.24, 2.45) is 5.92 Å². The number of nitrogens with zero attached hydrogens (tertiary/aromatic N) is 3. The minimum atomic E-state index is -0.125. The summed E-state index contributed by atoms with van der Waals surface area (Å²) < 4.78 is 5.64. The molecule has 23 heavy (non-hydrogen) atoms. The second kappa shape index (κ2) is 7.53. The minimum absolute atomic E-state index is 0.125. The average Bonchev–Trinajstić information content (AvgIpc) is 2.95. The molecule has 5 nitrogen and oxygen atoms in total. The standard InChI is InChI=1S/C18H23N3O2/c1-21(13-15-3-2-4-17(15)22)12-14-5-7-16(8-6-14)23-18-11-19-9-10-20-18/h5-11,15,17,22H,2-4,12-13H2,1H3. The van der Waals surface area contributed by atoms with Crippen molar-refractivity contribution in [2.75, 3.05) is 13.6 Å². The molecule has 0 bridgehead atoms. The molecule has 1 aliphatic rings. The van der Waals surface area contributed by atoms with Crippen LogP contribution in [0.15, 0.2) is 42.9 Å². The molecule has 5 heteroatoms. The summed E-state index contributed by atoms with van der Waals surface area (Å²) in [6, 6.07) is 8.02. The van der Waals surface area contributed by atoms with E-state index in [4.69, 9.17) is 4.74 Å². The van der Waals surface area contributed by atoms with Crippen LogP contribution >= 0.6 is 0 Å². The first kappa shape index (κ1) is 15.9. The molecule has 0 aliphatic heterocycles. The van der Waals surface area contributed by atoms with E-state index in [2.05, 4.69) is 34.0 Å². The van der Waals surface area contributed by atoms with Crippen molar-refractivity contribution in [3.63, 3.8) is 0 Å². The fourth-order valence-corrected chi connectivity index (χ4v) is 3.13. The van der Waals surface area contributed by atoms with E-state index in [-0.39, 0.29) is 6.10 Å². The number of aliphatic hydroxyl groups is 1. The Balaban J connectivity index is 1.52. The number of aliphatic hydroxyl groups excluding tert-OH is 1. The molecule has 1 heterocycles. The lowest BCUT2D eigenvalue weighted by atomic mass is 10.1. The Labute approximate surface area is 137 Å². The van der Waals surface area contributed by atoms with E-state index in [9.17, 15) is 5.11 Å². The van der Waals surface area contributed by atoms with Crippen LogP contribution in [0.3, 0.4) is 0 Å². The van der Waals surface area contributed by atoms with E-state index in [1.807, 2.05) is 12.1 Å². The van der Waals surface area contributed by atoms with Crippen LogP contribution in [0.2, 0.25) is 0 Å². The van der Waals surface area contributed by atoms with E-state index in [1.165, 1.54) is 5.56 Å². The summed E-state index contributed by atoms with van der Waals surface area (Å²) in [5, 5.41) is 9.93. The predicted octanol–water partition coefficient (Wildman–Crippen LogP) is 2.86. The highest BCUT2D eigenvalue weighted by molar-refractivity contribution is 5.29. The second-order valence-electron chi connectivity index (χ2n) is 6.24. The summed E-state index contributed by atoms with van der Waals surface area (Å²) in [5.41, 5.74) is 1.23. The number of rotatable bonds is 6. The van der Waals surface area contributed by atoms with Crippen molar-refractivity contribution >= 4 is 0 Å². The predicted molar refractivity (Wildman–Crippen MR) is 88.2 cm³/mol. The molecule has 0 saturated heterocycles. The normalized spacial score (nSPS) is 20.8. The summed E-state index contributed by atoms with van der Waals surface area (Å²) in [7, 11) is 2.11. The quantitative estimate of drug-likeness (QED) is 0.888. The molecule has 3 rings (SSSR count). The van der Waals surface area contributed by atoms with Crippen LogP contribution in [0.5, 0.6) is 11.6 Å². The van der Waals surface area contributed by atoms with Gasteiger partial charge in [0.25, 0.3) is 0 Å². The van der Waals surface area contributed by atoms with Gasteiger partial charge in [-0.1, -0.05) is 18.6 Å². The van der Waals surface area contributed by atoms with Crippen LogP contribution in [0.25, 0.3) is 0 Å². The smallest absolute Gasteiger partial charge is 0.237 e. The van der Waals surface area contributed by atoms with Crippen LogP contribution in [-0.2, 0) is 6.54 Å². The topological polar surface area (TPSA) is 58.5 Å². The van der Waals surface area contributed by atoms with Crippen LogP contribution in [0.1, 0.15) is 24.8 Å². The van der Waals surface area contributed by atoms with Crippen LogP contribution in [0, 0.1) is 5.92 Å². The van der Waals surface area contributed by atoms with Crippen molar-refractivity contribution in [1.82, 2.24) is 14.9 Å². The molecule has 0 spiro atoms. The maximum atomic E-state index is 9.93.